The van der Waals surface area contributed by atoms with Gasteiger partial charge in [0.15, 0.2) is 0 Å². The van der Waals surface area contributed by atoms with Crippen LogP contribution in [0.4, 0.5) is 17.1 Å². The standard InChI is InChI=1S/C21H21N3O3/c1-14-5-4-6-15(11-14)23-16-9-10-22-19(12-16)21(25)24-18-8-7-17(26-2)13-20(18)27-3/h4-13H,1-3H3,(H,22,23)(H,24,25). The van der Waals surface area contributed by atoms with Crippen molar-refractivity contribution in [3.63, 3.8) is 0 Å². The van der Waals surface area contributed by atoms with Gasteiger partial charge in [-0.3, -0.25) is 9.78 Å². The van der Waals surface area contributed by atoms with Crippen LogP contribution in [-0.2, 0) is 0 Å². The zero-order valence-corrected chi connectivity index (χ0v) is 15.4. The van der Waals surface area contributed by atoms with E-state index in [1.54, 1.807) is 37.6 Å². The highest BCUT2D eigenvalue weighted by Gasteiger charge is 2.12. The highest BCUT2D eigenvalue weighted by Crippen LogP contribution is 2.29. The molecule has 0 saturated heterocycles. The van der Waals surface area contributed by atoms with Gasteiger partial charge in [-0.2, -0.15) is 0 Å². The molecule has 0 unspecified atom stereocenters. The largest absolute Gasteiger partial charge is 0.497 e. The van der Waals surface area contributed by atoms with Crippen molar-refractivity contribution in [1.82, 2.24) is 4.98 Å². The summed E-state index contributed by atoms with van der Waals surface area (Å²) in [7, 11) is 3.11. The molecule has 0 aliphatic heterocycles. The summed E-state index contributed by atoms with van der Waals surface area (Å²) in [4.78, 5) is 16.8. The van der Waals surface area contributed by atoms with Gasteiger partial charge in [0.1, 0.15) is 17.2 Å². The first-order valence-electron chi connectivity index (χ1n) is 8.42. The smallest absolute Gasteiger partial charge is 0.274 e. The van der Waals surface area contributed by atoms with Crippen molar-refractivity contribution in [3.05, 3.63) is 72.1 Å². The van der Waals surface area contributed by atoms with Crippen LogP contribution in [0.25, 0.3) is 0 Å². The molecule has 0 spiro atoms. The van der Waals surface area contributed by atoms with Crippen LogP contribution in [0.2, 0.25) is 0 Å². The zero-order chi connectivity index (χ0) is 19.2. The molecule has 0 atom stereocenters. The lowest BCUT2D eigenvalue weighted by atomic mass is 10.2. The van der Waals surface area contributed by atoms with Crippen molar-refractivity contribution in [2.24, 2.45) is 0 Å². The lowest BCUT2D eigenvalue weighted by Gasteiger charge is -2.12. The fourth-order valence-corrected chi connectivity index (χ4v) is 2.61. The van der Waals surface area contributed by atoms with E-state index < -0.39 is 0 Å². The maximum atomic E-state index is 12.6. The Labute approximate surface area is 158 Å². The van der Waals surface area contributed by atoms with Gasteiger partial charge >= 0.3 is 0 Å². The zero-order valence-electron chi connectivity index (χ0n) is 15.4. The molecule has 1 heterocycles. The van der Waals surface area contributed by atoms with E-state index in [0.717, 1.165) is 16.9 Å². The van der Waals surface area contributed by atoms with Crippen LogP contribution in [0.15, 0.2) is 60.8 Å². The van der Waals surface area contributed by atoms with E-state index in [-0.39, 0.29) is 5.91 Å². The number of methoxy groups -OCH3 is 2. The van der Waals surface area contributed by atoms with Crippen LogP contribution in [0.3, 0.4) is 0 Å². The van der Waals surface area contributed by atoms with E-state index in [9.17, 15) is 4.79 Å². The van der Waals surface area contributed by atoms with Gasteiger partial charge in [-0.1, -0.05) is 12.1 Å². The number of hydrogen-bond acceptors (Lipinski definition) is 5. The van der Waals surface area contributed by atoms with E-state index in [1.165, 1.54) is 7.11 Å². The second-order valence-electron chi connectivity index (χ2n) is 5.94. The summed E-state index contributed by atoms with van der Waals surface area (Å²) in [5, 5.41) is 6.10. The number of carbonyl (C=O) groups excluding carboxylic acids is 1. The van der Waals surface area contributed by atoms with E-state index in [1.807, 2.05) is 37.3 Å². The molecule has 27 heavy (non-hydrogen) atoms. The van der Waals surface area contributed by atoms with E-state index >= 15 is 0 Å². The third-order valence-electron chi connectivity index (χ3n) is 3.96. The molecule has 2 aromatic carbocycles. The number of nitrogens with zero attached hydrogens (tertiary/aromatic N) is 1. The average molecular weight is 363 g/mol. The molecule has 0 bridgehead atoms. The molecule has 0 saturated carbocycles. The molecule has 3 rings (SSSR count). The van der Waals surface area contributed by atoms with Crippen molar-refractivity contribution in [2.45, 2.75) is 6.92 Å². The number of carbonyl (C=O) groups is 1. The molecule has 0 aliphatic carbocycles. The van der Waals surface area contributed by atoms with Gasteiger partial charge in [0.05, 0.1) is 19.9 Å². The monoisotopic (exact) mass is 363 g/mol. The third-order valence-corrected chi connectivity index (χ3v) is 3.96. The predicted molar refractivity (Wildman–Crippen MR) is 106 cm³/mol. The molecule has 0 fully saturated rings. The average Bonchev–Trinajstić information content (AvgIpc) is 2.68. The first-order chi connectivity index (χ1) is 13.1. The minimum absolute atomic E-state index is 0.297. The summed E-state index contributed by atoms with van der Waals surface area (Å²) in [6.45, 7) is 2.03. The Morgan fingerprint density at radius 3 is 2.52 bits per heavy atom. The summed E-state index contributed by atoms with van der Waals surface area (Å²) >= 11 is 0. The first-order valence-corrected chi connectivity index (χ1v) is 8.42. The van der Waals surface area contributed by atoms with Gasteiger partial charge < -0.3 is 20.1 Å². The summed E-state index contributed by atoms with van der Waals surface area (Å²) in [6.07, 6.45) is 1.60. The first kappa shape index (κ1) is 18.3. The number of hydrogen-bond donors (Lipinski definition) is 2. The Hall–Kier alpha value is -3.54. The van der Waals surface area contributed by atoms with E-state index in [2.05, 4.69) is 15.6 Å². The Bertz CT molecular complexity index is 957. The maximum absolute atomic E-state index is 12.6. The molecule has 1 amide bonds. The van der Waals surface area contributed by atoms with Gasteiger partial charge in [-0.05, 0) is 48.9 Å². The highest BCUT2D eigenvalue weighted by molar-refractivity contribution is 6.04. The van der Waals surface area contributed by atoms with E-state index in [0.29, 0.717) is 22.9 Å². The highest BCUT2D eigenvalue weighted by atomic mass is 16.5. The van der Waals surface area contributed by atoms with Crippen LogP contribution < -0.4 is 20.1 Å². The maximum Gasteiger partial charge on any atom is 0.274 e. The number of amides is 1. The van der Waals surface area contributed by atoms with Gasteiger partial charge in [0.25, 0.3) is 5.91 Å². The normalized spacial score (nSPS) is 10.2. The van der Waals surface area contributed by atoms with E-state index in [4.69, 9.17) is 9.47 Å². The summed E-state index contributed by atoms with van der Waals surface area (Å²) in [5.74, 6) is 0.829. The fourth-order valence-electron chi connectivity index (χ4n) is 2.61. The number of nitrogens with one attached hydrogen (secondary N) is 2. The summed E-state index contributed by atoms with van der Waals surface area (Å²) < 4.78 is 10.5. The quantitative estimate of drug-likeness (QED) is 0.679. The second-order valence-corrected chi connectivity index (χ2v) is 5.94. The van der Waals surface area contributed by atoms with Crippen molar-refractivity contribution >= 4 is 23.0 Å². The number of rotatable bonds is 6. The van der Waals surface area contributed by atoms with Crippen molar-refractivity contribution in [2.75, 3.05) is 24.9 Å². The molecule has 6 heteroatoms. The Morgan fingerprint density at radius 2 is 1.78 bits per heavy atom. The van der Waals surface area contributed by atoms with Gasteiger partial charge in [0, 0.05) is 23.6 Å². The molecule has 1 aromatic heterocycles. The minimum Gasteiger partial charge on any atom is -0.497 e. The number of benzene rings is 2. The third kappa shape index (κ3) is 4.55. The van der Waals surface area contributed by atoms with Crippen LogP contribution in [0.1, 0.15) is 16.1 Å². The number of ether oxygens (including phenoxy) is 2. The Kier molecular flexibility index (Phi) is 5.56. The van der Waals surface area contributed by atoms with Crippen molar-refractivity contribution < 1.29 is 14.3 Å². The minimum atomic E-state index is -0.327. The van der Waals surface area contributed by atoms with Crippen LogP contribution in [-0.4, -0.2) is 25.1 Å². The number of aryl methyl sites for hydroxylation is 1. The Morgan fingerprint density at radius 1 is 0.963 bits per heavy atom. The molecule has 0 aliphatic rings. The number of pyridine rings is 1. The number of anilines is 3. The van der Waals surface area contributed by atoms with Crippen molar-refractivity contribution in [3.8, 4) is 11.5 Å². The molecule has 138 valence electrons. The molecular weight excluding hydrogens is 342 g/mol. The molecular formula is C21H21N3O3. The van der Waals surface area contributed by atoms with Crippen molar-refractivity contribution in [1.29, 1.82) is 0 Å². The summed E-state index contributed by atoms with van der Waals surface area (Å²) in [6, 6.07) is 16.7. The molecule has 2 N–H and O–H groups in total. The SMILES string of the molecule is COc1ccc(NC(=O)c2cc(Nc3cccc(C)c3)ccn2)c(OC)c1. The van der Waals surface area contributed by atoms with Crippen LogP contribution >= 0.6 is 0 Å². The van der Waals surface area contributed by atoms with Crippen LogP contribution in [0, 0.1) is 6.92 Å². The molecule has 0 radical (unpaired) electrons. The van der Waals surface area contributed by atoms with Crippen LogP contribution in [0.5, 0.6) is 11.5 Å². The number of aromatic nitrogens is 1. The lowest BCUT2D eigenvalue weighted by Crippen LogP contribution is -2.14. The molecule has 6 nitrogen and oxygen atoms in total. The second kappa shape index (κ2) is 8.23. The predicted octanol–water partition coefficient (Wildman–Crippen LogP) is 4.40. The van der Waals surface area contributed by atoms with Gasteiger partial charge in [0.2, 0.25) is 0 Å². The lowest BCUT2D eigenvalue weighted by molar-refractivity contribution is 0.102. The molecule has 3 aromatic rings. The Balaban J connectivity index is 1.77. The topological polar surface area (TPSA) is 72.5 Å². The van der Waals surface area contributed by atoms with Gasteiger partial charge in [-0.25, -0.2) is 0 Å². The fraction of sp³-hybridized carbons (Fsp3) is 0.143. The van der Waals surface area contributed by atoms with Gasteiger partial charge in [-0.15, -0.1) is 0 Å². The summed E-state index contributed by atoms with van der Waals surface area (Å²) in [5.41, 5.74) is 3.72.